The largest absolute Gasteiger partial charge is 0.349 e. The van der Waals surface area contributed by atoms with Crippen molar-refractivity contribution in [2.75, 3.05) is 57.8 Å². The van der Waals surface area contributed by atoms with Crippen molar-refractivity contribution >= 4 is 51.7 Å². The van der Waals surface area contributed by atoms with E-state index in [1.807, 2.05) is 22.1 Å². The highest BCUT2D eigenvalue weighted by Gasteiger charge is 2.40. The Hall–Kier alpha value is -3.08. The summed E-state index contributed by atoms with van der Waals surface area (Å²) in [7, 11) is 2.07. The molecular formula is C34H46Cl2N8O2. The van der Waals surface area contributed by atoms with Gasteiger partial charge in [-0.25, -0.2) is 0 Å². The molecule has 248 valence electrons. The fourth-order valence-electron chi connectivity index (χ4n) is 7.96. The molecule has 0 bridgehead atoms. The first-order valence-electron chi connectivity index (χ1n) is 16.5. The van der Waals surface area contributed by atoms with Crippen LogP contribution in [0.15, 0.2) is 24.9 Å². The molecule has 0 aliphatic carbocycles. The molecule has 46 heavy (non-hydrogen) atoms. The van der Waals surface area contributed by atoms with E-state index in [9.17, 15) is 9.59 Å². The topological polar surface area (TPSA) is 93.6 Å². The van der Waals surface area contributed by atoms with E-state index in [0.29, 0.717) is 35.6 Å². The molecule has 0 saturated carbocycles. The smallest absolute Gasteiger partial charge is 0.245 e. The first kappa shape index (κ1) is 32.8. The van der Waals surface area contributed by atoms with Gasteiger partial charge in [0.2, 0.25) is 11.8 Å². The van der Waals surface area contributed by atoms with Crippen molar-refractivity contribution in [3.8, 4) is 11.1 Å². The first-order valence-corrected chi connectivity index (χ1v) is 17.3. The molecule has 3 aromatic rings. The van der Waals surface area contributed by atoms with Crippen molar-refractivity contribution in [1.29, 1.82) is 0 Å². The quantitative estimate of drug-likeness (QED) is 0.299. The second kappa shape index (κ2) is 13.2. The minimum Gasteiger partial charge on any atom is -0.349 e. The van der Waals surface area contributed by atoms with Gasteiger partial charge in [-0.05, 0) is 84.4 Å². The average Bonchev–Trinajstić information content (AvgIpc) is 3.79. The van der Waals surface area contributed by atoms with Crippen LogP contribution in [0.2, 0.25) is 10.0 Å². The maximum absolute atomic E-state index is 12.8. The minimum atomic E-state index is -0.205. The molecule has 10 nitrogen and oxygen atoms in total. The number of H-pyrrole nitrogens is 1. The van der Waals surface area contributed by atoms with E-state index in [4.69, 9.17) is 28.3 Å². The van der Waals surface area contributed by atoms with E-state index in [1.165, 1.54) is 6.08 Å². The Balaban J connectivity index is 1.31. The van der Waals surface area contributed by atoms with Crippen LogP contribution in [0.3, 0.4) is 0 Å². The van der Waals surface area contributed by atoms with Crippen molar-refractivity contribution < 1.29 is 9.59 Å². The van der Waals surface area contributed by atoms with Gasteiger partial charge in [-0.1, -0.05) is 29.8 Å². The van der Waals surface area contributed by atoms with E-state index in [-0.39, 0.29) is 23.4 Å². The standard InChI is InChI=1S/C34H46Cl2N8O2/c1-6-28(45)42-14-10-24(11-15-42)44-22(2)30(31-25-19-37-38-27(25)17-26(35)32(31)36)33(39-44)43-16-9-23(18-34(43,3)4)20-40(5)21-29(46)41-12-7-8-13-41/h6,17,19,23-24H,1,7-16,18,20-21H2,2-5H3,(H,37,38)/t23-/m1/s1. The van der Waals surface area contributed by atoms with Crippen LogP contribution in [0.1, 0.15) is 64.1 Å². The zero-order valence-corrected chi connectivity index (χ0v) is 29.0. The summed E-state index contributed by atoms with van der Waals surface area (Å²) in [4.78, 5) is 33.6. The second-order valence-electron chi connectivity index (χ2n) is 14.0. The highest BCUT2D eigenvalue weighted by atomic mass is 35.5. The lowest BCUT2D eigenvalue weighted by atomic mass is 9.82. The number of halogens is 2. The fraction of sp³-hybridized carbons (Fsp3) is 0.588. The van der Waals surface area contributed by atoms with Gasteiger partial charge < -0.3 is 14.7 Å². The number of carbonyl (C=O) groups is 2. The second-order valence-corrected chi connectivity index (χ2v) is 14.8. The molecule has 3 aliphatic rings. The summed E-state index contributed by atoms with van der Waals surface area (Å²) in [5, 5.41) is 14.6. The number of amides is 2. The van der Waals surface area contributed by atoms with Crippen molar-refractivity contribution in [2.24, 2.45) is 5.92 Å². The monoisotopic (exact) mass is 668 g/mol. The summed E-state index contributed by atoms with van der Waals surface area (Å²) in [6, 6.07) is 1.96. The number of carbonyl (C=O) groups excluding carboxylic acids is 2. The van der Waals surface area contributed by atoms with E-state index in [2.05, 4.69) is 59.1 Å². The van der Waals surface area contributed by atoms with Crippen LogP contribution in [-0.2, 0) is 9.59 Å². The lowest BCUT2D eigenvalue weighted by molar-refractivity contribution is -0.131. The maximum Gasteiger partial charge on any atom is 0.245 e. The van der Waals surface area contributed by atoms with Crippen LogP contribution >= 0.6 is 23.2 Å². The van der Waals surface area contributed by atoms with Crippen molar-refractivity contribution in [1.82, 2.24) is 34.7 Å². The van der Waals surface area contributed by atoms with Gasteiger partial charge in [-0.15, -0.1) is 0 Å². The molecule has 0 unspecified atom stereocenters. The molecule has 2 amide bonds. The molecule has 0 spiro atoms. The number of aromatic nitrogens is 4. The van der Waals surface area contributed by atoms with E-state index < -0.39 is 0 Å². The van der Waals surface area contributed by atoms with E-state index in [0.717, 1.165) is 98.2 Å². The number of fused-ring (bicyclic) bond motifs is 1. The van der Waals surface area contributed by atoms with Crippen LogP contribution in [0.25, 0.3) is 22.0 Å². The van der Waals surface area contributed by atoms with Crippen molar-refractivity contribution in [3.05, 3.63) is 40.7 Å². The van der Waals surface area contributed by atoms with Crippen molar-refractivity contribution in [3.63, 3.8) is 0 Å². The number of nitrogens with one attached hydrogen (secondary N) is 1. The molecule has 3 saturated heterocycles. The molecule has 5 heterocycles. The van der Waals surface area contributed by atoms with Crippen LogP contribution in [-0.4, -0.2) is 105 Å². The Morgan fingerprint density at radius 2 is 1.80 bits per heavy atom. The third-order valence-corrected chi connectivity index (χ3v) is 11.1. The van der Waals surface area contributed by atoms with Crippen LogP contribution in [0, 0.1) is 12.8 Å². The normalized spacial score (nSPS) is 20.7. The number of likely N-dealkylation sites (N-methyl/N-ethyl adjacent to an activating group) is 1. The Bertz CT molecular complexity index is 1620. The van der Waals surface area contributed by atoms with Gasteiger partial charge in [-0.3, -0.25) is 24.3 Å². The molecule has 3 fully saturated rings. The molecule has 6 rings (SSSR count). The van der Waals surface area contributed by atoms with Crippen molar-refractivity contribution in [2.45, 2.75) is 70.9 Å². The summed E-state index contributed by atoms with van der Waals surface area (Å²) in [5.74, 6) is 1.57. The first-order chi connectivity index (χ1) is 22.0. The van der Waals surface area contributed by atoms with Gasteiger partial charge in [0.1, 0.15) is 0 Å². The highest BCUT2D eigenvalue weighted by Crippen LogP contribution is 2.48. The molecule has 3 aliphatic heterocycles. The summed E-state index contributed by atoms with van der Waals surface area (Å²) in [6.45, 7) is 15.6. The Kier molecular flexibility index (Phi) is 9.43. The predicted molar refractivity (Wildman–Crippen MR) is 185 cm³/mol. The summed E-state index contributed by atoms with van der Waals surface area (Å²) in [5.41, 5.74) is 3.46. The Morgan fingerprint density at radius 1 is 1.09 bits per heavy atom. The van der Waals surface area contributed by atoms with Gasteiger partial charge in [-0.2, -0.15) is 10.2 Å². The van der Waals surface area contributed by atoms with Gasteiger partial charge in [0.25, 0.3) is 0 Å². The molecule has 1 N–H and O–H groups in total. The van der Waals surface area contributed by atoms with E-state index in [1.54, 1.807) is 0 Å². The number of aromatic amines is 1. The number of benzene rings is 1. The van der Waals surface area contributed by atoms with Gasteiger partial charge in [0.05, 0.1) is 34.3 Å². The Labute approximate surface area is 281 Å². The summed E-state index contributed by atoms with van der Waals surface area (Å²) in [6.07, 6.45) is 8.99. The van der Waals surface area contributed by atoms with Gasteiger partial charge in [0.15, 0.2) is 5.82 Å². The van der Waals surface area contributed by atoms with E-state index >= 15 is 0 Å². The zero-order chi connectivity index (χ0) is 32.7. The molecular weight excluding hydrogens is 623 g/mol. The van der Waals surface area contributed by atoms with Gasteiger partial charge >= 0.3 is 0 Å². The highest BCUT2D eigenvalue weighted by molar-refractivity contribution is 6.45. The summed E-state index contributed by atoms with van der Waals surface area (Å²) < 4.78 is 2.16. The zero-order valence-electron chi connectivity index (χ0n) is 27.5. The number of anilines is 1. The van der Waals surface area contributed by atoms with Crippen LogP contribution in [0.5, 0.6) is 0 Å². The average molecular weight is 670 g/mol. The van der Waals surface area contributed by atoms with Gasteiger partial charge in [0, 0.05) is 67.0 Å². The number of hydrogen-bond acceptors (Lipinski definition) is 6. The predicted octanol–water partition coefficient (Wildman–Crippen LogP) is 5.94. The molecule has 2 aromatic heterocycles. The third-order valence-electron chi connectivity index (χ3n) is 10.3. The fourth-order valence-corrected chi connectivity index (χ4v) is 8.42. The molecule has 12 heteroatoms. The lowest BCUT2D eigenvalue weighted by Gasteiger charge is -2.47. The van der Waals surface area contributed by atoms with Crippen LogP contribution in [0.4, 0.5) is 5.82 Å². The Morgan fingerprint density at radius 3 is 2.48 bits per heavy atom. The summed E-state index contributed by atoms with van der Waals surface area (Å²) >= 11 is 13.7. The number of piperidine rings is 2. The molecule has 1 aromatic carbocycles. The number of rotatable bonds is 8. The lowest BCUT2D eigenvalue weighted by Crippen LogP contribution is -2.52. The third kappa shape index (κ3) is 6.28. The SMILES string of the molecule is C=CC(=O)N1CCC(n2nc(N3CC[C@@H](CN(C)CC(=O)N4CCCC4)CC3(C)C)c(-c3c(Cl)c(Cl)cc4[nH]ncc34)c2C)CC1. The molecule has 1 atom stereocenters. The number of hydrogen-bond donors (Lipinski definition) is 1. The minimum absolute atomic E-state index is 0.0271. The number of likely N-dealkylation sites (tertiary alicyclic amines) is 2. The van der Waals surface area contributed by atoms with Crippen LogP contribution < -0.4 is 4.90 Å². The molecule has 0 radical (unpaired) electrons. The number of nitrogens with zero attached hydrogens (tertiary/aromatic N) is 7. The maximum atomic E-state index is 12.8.